The van der Waals surface area contributed by atoms with Gasteiger partial charge in [0.25, 0.3) is 0 Å². The van der Waals surface area contributed by atoms with Gasteiger partial charge in [0.1, 0.15) is 10.8 Å². The lowest BCUT2D eigenvalue weighted by Gasteiger charge is -1.99. The molecule has 2 aromatic rings. The fraction of sp³-hybridized carbons (Fsp3) is 0.182. The summed E-state index contributed by atoms with van der Waals surface area (Å²) in [5.74, 6) is -0.307. The van der Waals surface area contributed by atoms with Gasteiger partial charge in [-0.25, -0.2) is 9.37 Å². The van der Waals surface area contributed by atoms with Crippen molar-refractivity contribution < 1.29 is 9.50 Å². The Hall–Kier alpha value is -0.780. The maximum absolute atomic E-state index is 13.2. The Labute approximate surface area is 105 Å². The third-order valence-corrected chi connectivity index (χ3v) is 3.43. The first-order valence-corrected chi connectivity index (χ1v) is 6.33. The maximum atomic E-state index is 13.2. The largest absolute Gasteiger partial charge is 0.387 e. The molecule has 0 spiro atoms. The summed E-state index contributed by atoms with van der Waals surface area (Å²) in [5, 5.41) is 11.8. The number of aliphatic hydroxyl groups is 1. The van der Waals surface area contributed by atoms with Crippen LogP contribution in [0.25, 0.3) is 10.6 Å². The molecule has 0 radical (unpaired) electrons. The van der Waals surface area contributed by atoms with Gasteiger partial charge in [-0.1, -0.05) is 15.9 Å². The van der Waals surface area contributed by atoms with E-state index in [1.165, 1.54) is 23.5 Å². The molecule has 1 N–H and O–H groups in total. The van der Waals surface area contributed by atoms with Crippen molar-refractivity contribution in [2.75, 3.05) is 0 Å². The van der Waals surface area contributed by atoms with Crippen molar-refractivity contribution in [3.05, 3.63) is 39.6 Å². The zero-order valence-electron chi connectivity index (χ0n) is 8.45. The summed E-state index contributed by atoms with van der Waals surface area (Å²) in [4.78, 5) is 4.24. The quantitative estimate of drug-likeness (QED) is 0.916. The van der Waals surface area contributed by atoms with Crippen molar-refractivity contribution in [2.24, 2.45) is 0 Å². The second-order valence-corrected chi connectivity index (χ2v) is 5.19. The monoisotopic (exact) mass is 301 g/mol. The first-order chi connectivity index (χ1) is 7.56. The van der Waals surface area contributed by atoms with E-state index in [0.29, 0.717) is 20.7 Å². The third-order valence-electron chi connectivity index (χ3n) is 2.06. The first-order valence-electron chi connectivity index (χ1n) is 4.66. The Bertz CT molecular complexity index is 492. The highest BCUT2D eigenvalue weighted by Gasteiger charge is 2.09. The van der Waals surface area contributed by atoms with Gasteiger partial charge in [-0.05, 0) is 25.1 Å². The molecule has 1 aromatic heterocycles. The van der Waals surface area contributed by atoms with Crippen LogP contribution in [0, 0.1) is 5.82 Å². The minimum absolute atomic E-state index is 0.307. The van der Waals surface area contributed by atoms with Crippen molar-refractivity contribution in [3.63, 3.8) is 0 Å². The normalized spacial score (nSPS) is 12.8. The van der Waals surface area contributed by atoms with Gasteiger partial charge in [-0.2, -0.15) is 0 Å². The van der Waals surface area contributed by atoms with Crippen LogP contribution >= 0.6 is 27.3 Å². The molecule has 0 aliphatic carbocycles. The number of benzene rings is 1. The number of hydrogen-bond donors (Lipinski definition) is 1. The van der Waals surface area contributed by atoms with Gasteiger partial charge >= 0.3 is 0 Å². The predicted molar refractivity (Wildman–Crippen MR) is 65.8 cm³/mol. The van der Waals surface area contributed by atoms with Crippen molar-refractivity contribution in [2.45, 2.75) is 13.0 Å². The molecule has 0 aliphatic heterocycles. The van der Waals surface area contributed by atoms with Gasteiger partial charge in [-0.3, -0.25) is 0 Å². The minimum atomic E-state index is -0.595. The predicted octanol–water partition coefficient (Wildman–Crippen LogP) is 3.77. The summed E-state index contributed by atoms with van der Waals surface area (Å²) in [5.41, 5.74) is 1.32. The molecule has 0 fully saturated rings. The maximum Gasteiger partial charge on any atom is 0.125 e. The van der Waals surface area contributed by atoms with Crippen LogP contribution in [-0.4, -0.2) is 10.1 Å². The van der Waals surface area contributed by atoms with Gasteiger partial charge in [0.15, 0.2) is 0 Å². The Morgan fingerprint density at radius 2 is 2.19 bits per heavy atom. The van der Waals surface area contributed by atoms with Crippen molar-refractivity contribution in [1.82, 2.24) is 4.98 Å². The van der Waals surface area contributed by atoms with Gasteiger partial charge in [-0.15, -0.1) is 11.3 Å². The lowest BCUT2D eigenvalue weighted by molar-refractivity contribution is 0.195. The molecule has 0 aliphatic rings. The fourth-order valence-electron chi connectivity index (χ4n) is 1.29. The fourth-order valence-corrected chi connectivity index (χ4v) is 2.65. The Morgan fingerprint density at radius 1 is 1.44 bits per heavy atom. The summed E-state index contributed by atoms with van der Waals surface area (Å²) in [6, 6.07) is 4.62. The van der Waals surface area contributed by atoms with E-state index in [1.807, 2.05) is 0 Å². The molecule has 0 bridgehead atoms. The van der Waals surface area contributed by atoms with Gasteiger partial charge < -0.3 is 5.11 Å². The molecule has 2 nitrogen and oxygen atoms in total. The van der Waals surface area contributed by atoms with Crippen LogP contribution in [0.15, 0.2) is 28.1 Å². The highest BCUT2D eigenvalue weighted by Crippen LogP contribution is 2.28. The highest BCUT2D eigenvalue weighted by molar-refractivity contribution is 9.10. The topological polar surface area (TPSA) is 33.1 Å². The van der Waals surface area contributed by atoms with E-state index in [1.54, 1.807) is 18.4 Å². The molecule has 5 heteroatoms. The lowest BCUT2D eigenvalue weighted by Crippen LogP contribution is -1.90. The van der Waals surface area contributed by atoms with Crippen molar-refractivity contribution in [1.29, 1.82) is 0 Å². The zero-order valence-corrected chi connectivity index (χ0v) is 10.8. The summed E-state index contributed by atoms with van der Waals surface area (Å²) in [7, 11) is 0. The van der Waals surface area contributed by atoms with Crippen LogP contribution in [0.2, 0.25) is 0 Å². The number of hydrogen-bond acceptors (Lipinski definition) is 3. The van der Waals surface area contributed by atoms with E-state index in [-0.39, 0.29) is 5.82 Å². The minimum Gasteiger partial charge on any atom is -0.387 e. The first kappa shape index (κ1) is 11.7. The van der Waals surface area contributed by atoms with Gasteiger partial charge in [0.05, 0.1) is 11.8 Å². The SMILES string of the molecule is CC(O)c1csc(-c2cc(F)cc(Br)c2)n1. The second-order valence-electron chi connectivity index (χ2n) is 3.41. The summed E-state index contributed by atoms with van der Waals surface area (Å²) >= 11 is 4.62. The smallest absolute Gasteiger partial charge is 0.125 e. The van der Waals surface area contributed by atoms with Crippen LogP contribution in [0.1, 0.15) is 18.7 Å². The van der Waals surface area contributed by atoms with Gasteiger partial charge in [0, 0.05) is 15.4 Å². The van der Waals surface area contributed by atoms with Crippen molar-refractivity contribution >= 4 is 27.3 Å². The summed E-state index contributed by atoms with van der Waals surface area (Å²) in [6.45, 7) is 1.65. The van der Waals surface area contributed by atoms with E-state index in [4.69, 9.17) is 0 Å². The number of aliphatic hydroxyl groups excluding tert-OH is 1. The summed E-state index contributed by atoms with van der Waals surface area (Å²) in [6.07, 6.45) is -0.595. The Kier molecular flexibility index (Phi) is 3.37. The lowest BCUT2D eigenvalue weighted by atomic mass is 10.2. The van der Waals surface area contributed by atoms with E-state index in [2.05, 4.69) is 20.9 Å². The molecular formula is C11H9BrFNOS. The van der Waals surface area contributed by atoms with Crippen LogP contribution in [0.5, 0.6) is 0 Å². The highest BCUT2D eigenvalue weighted by atomic mass is 79.9. The second kappa shape index (κ2) is 4.61. The molecule has 1 atom stereocenters. The number of aromatic nitrogens is 1. The number of halogens is 2. The molecule has 1 aromatic carbocycles. The number of thiazole rings is 1. The van der Waals surface area contributed by atoms with Crippen LogP contribution in [0.4, 0.5) is 4.39 Å². The molecule has 0 saturated heterocycles. The molecule has 0 saturated carbocycles. The van der Waals surface area contributed by atoms with E-state index in [9.17, 15) is 9.50 Å². The zero-order chi connectivity index (χ0) is 11.7. The molecule has 0 amide bonds. The van der Waals surface area contributed by atoms with Crippen LogP contribution in [0.3, 0.4) is 0 Å². The van der Waals surface area contributed by atoms with E-state index in [0.717, 1.165) is 0 Å². The summed E-state index contributed by atoms with van der Waals surface area (Å²) < 4.78 is 13.9. The molecule has 84 valence electrons. The van der Waals surface area contributed by atoms with Crippen LogP contribution < -0.4 is 0 Å². The average Bonchev–Trinajstić information content (AvgIpc) is 2.64. The molecule has 16 heavy (non-hydrogen) atoms. The van der Waals surface area contributed by atoms with E-state index >= 15 is 0 Å². The number of nitrogens with zero attached hydrogens (tertiary/aromatic N) is 1. The Balaban J connectivity index is 2.42. The molecule has 1 unspecified atom stereocenters. The average molecular weight is 302 g/mol. The van der Waals surface area contributed by atoms with E-state index < -0.39 is 6.10 Å². The molecule has 1 heterocycles. The standard InChI is InChI=1S/C11H9BrFNOS/c1-6(15)10-5-16-11(14-10)7-2-8(12)4-9(13)3-7/h2-6,15H,1H3. The van der Waals surface area contributed by atoms with Crippen molar-refractivity contribution in [3.8, 4) is 10.6 Å². The van der Waals surface area contributed by atoms with Crippen LogP contribution in [-0.2, 0) is 0 Å². The Morgan fingerprint density at radius 3 is 2.75 bits per heavy atom. The molecule has 2 rings (SSSR count). The number of rotatable bonds is 2. The molecular weight excluding hydrogens is 293 g/mol. The van der Waals surface area contributed by atoms with Gasteiger partial charge in [0.2, 0.25) is 0 Å². The third kappa shape index (κ3) is 2.48.